The van der Waals surface area contributed by atoms with Gasteiger partial charge in [-0.25, -0.2) is 5.43 Å². The fraction of sp³-hybridized carbons (Fsp3) is 0.333. The minimum Gasteiger partial charge on any atom is -0.497 e. The lowest BCUT2D eigenvalue weighted by Crippen LogP contribution is -2.27. The SMILES string of the molecule is C=Cc1ccccc1C.CC.CCCCCN=C(N)N/N=C/c1c[nH]c2ccc(OC)cc12. The summed E-state index contributed by atoms with van der Waals surface area (Å²) >= 11 is 0. The zero-order valence-electron chi connectivity index (χ0n) is 20.7. The number of hydrogen-bond acceptors (Lipinski definition) is 3. The van der Waals surface area contributed by atoms with Crippen LogP contribution in [0.1, 0.15) is 56.7 Å². The molecule has 0 unspecified atom stereocenters. The van der Waals surface area contributed by atoms with Crippen LogP contribution in [0.25, 0.3) is 17.0 Å². The molecule has 33 heavy (non-hydrogen) atoms. The maximum atomic E-state index is 5.75. The molecule has 1 heterocycles. The Balaban J connectivity index is 0.000000412. The molecule has 0 radical (unpaired) electrons. The van der Waals surface area contributed by atoms with E-state index in [9.17, 15) is 0 Å². The number of aliphatic imine (C=N–C) groups is 1. The standard InChI is InChI=1S/C16H23N5O.C9H10.C2H6/c1-3-4-5-8-18-16(17)21-20-11-12-10-19-15-7-6-13(22-2)9-14(12)15;1-3-9-7-5-4-6-8(9)2;1-2/h6-7,9-11,19H,3-5,8H2,1-2H3,(H3,17,18,21);3-7H,1H2,2H3;1-2H3/b20-11+;;. The Kier molecular flexibility index (Phi) is 13.5. The Morgan fingerprint density at radius 1 is 1.15 bits per heavy atom. The van der Waals surface area contributed by atoms with E-state index in [0.29, 0.717) is 5.96 Å². The van der Waals surface area contributed by atoms with Crippen molar-refractivity contribution in [3.8, 4) is 5.75 Å². The second-order valence-corrected chi connectivity index (χ2v) is 7.06. The van der Waals surface area contributed by atoms with Crippen molar-refractivity contribution in [2.24, 2.45) is 15.8 Å². The molecular formula is C27H39N5O. The number of nitrogens with two attached hydrogens (primary N) is 1. The third-order valence-electron chi connectivity index (χ3n) is 4.76. The number of unbranched alkanes of at least 4 members (excludes halogenated alkanes) is 2. The summed E-state index contributed by atoms with van der Waals surface area (Å²) in [4.78, 5) is 7.40. The van der Waals surface area contributed by atoms with Gasteiger partial charge in [0.05, 0.1) is 13.3 Å². The maximum absolute atomic E-state index is 5.75. The molecule has 0 aliphatic carbocycles. The predicted octanol–water partition coefficient (Wildman–Crippen LogP) is 6.27. The van der Waals surface area contributed by atoms with Gasteiger partial charge in [-0.3, -0.25) is 4.99 Å². The smallest absolute Gasteiger partial charge is 0.209 e. The highest BCUT2D eigenvalue weighted by molar-refractivity contribution is 5.99. The number of benzene rings is 2. The van der Waals surface area contributed by atoms with E-state index in [1.165, 1.54) is 17.5 Å². The number of nitrogens with one attached hydrogen (secondary N) is 2. The van der Waals surface area contributed by atoms with E-state index in [-0.39, 0.29) is 0 Å². The summed E-state index contributed by atoms with van der Waals surface area (Å²) in [5.74, 6) is 1.15. The number of fused-ring (bicyclic) bond motifs is 1. The van der Waals surface area contributed by atoms with Gasteiger partial charge in [-0.15, -0.1) is 0 Å². The second-order valence-electron chi connectivity index (χ2n) is 7.06. The van der Waals surface area contributed by atoms with E-state index in [4.69, 9.17) is 10.5 Å². The highest BCUT2D eigenvalue weighted by atomic mass is 16.5. The molecule has 4 N–H and O–H groups in total. The zero-order chi connectivity index (χ0) is 24.5. The van der Waals surface area contributed by atoms with Gasteiger partial charge in [-0.05, 0) is 42.7 Å². The molecule has 6 nitrogen and oxygen atoms in total. The van der Waals surface area contributed by atoms with Crippen molar-refractivity contribution in [1.82, 2.24) is 10.4 Å². The zero-order valence-corrected chi connectivity index (χ0v) is 20.7. The largest absolute Gasteiger partial charge is 0.497 e. The van der Waals surface area contributed by atoms with Crippen molar-refractivity contribution in [2.75, 3.05) is 13.7 Å². The van der Waals surface area contributed by atoms with E-state index >= 15 is 0 Å². The maximum Gasteiger partial charge on any atom is 0.209 e. The van der Waals surface area contributed by atoms with Gasteiger partial charge in [0.1, 0.15) is 5.75 Å². The topological polar surface area (TPSA) is 87.8 Å². The molecule has 0 saturated heterocycles. The molecule has 0 atom stereocenters. The van der Waals surface area contributed by atoms with Crippen LogP contribution >= 0.6 is 0 Å². The Hall–Kier alpha value is -3.54. The van der Waals surface area contributed by atoms with E-state index in [0.717, 1.165) is 41.6 Å². The van der Waals surface area contributed by atoms with Crippen molar-refractivity contribution in [2.45, 2.75) is 47.0 Å². The van der Waals surface area contributed by atoms with Crippen LogP contribution in [0.2, 0.25) is 0 Å². The van der Waals surface area contributed by atoms with Gasteiger partial charge >= 0.3 is 0 Å². The average Bonchev–Trinajstić information content (AvgIpc) is 3.26. The normalized spacial score (nSPS) is 10.8. The molecule has 3 aromatic rings. The lowest BCUT2D eigenvalue weighted by Gasteiger charge is -2.00. The molecule has 0 bridgehead atoms. The van der Waals surface area contributed by atoms with E-state index in [2.05, 4.69) is 53.1 Å². The summed E-state index contributed by atoms with van der Waals surface area (Å²) in [5, 5.41) is 5.17. The van der Waals surface area contributed by atoms with Crippen LogP contribution in [0, 0.1) is 6.92 Å². The summed E-state index contributed by atoms with van der Waals surface area (Å²) in [6.07, 6.45) is 8.86. The third-order valence-corrected chi connectivity index (χ3v) is 4.76. The number of aromatic nitrogens is 1. The Morgan fingerprint density at radius 2 is 1.91 bits per heavy atom. The van der Waals surface area contributed by atoms with Crippen LogP contribution in [0.3, 0.4) is 0 Å². The number of hydrogen-bond donors (Lipinski definition) is 3. The molecular weight excluding hydrogens is 410 g/mol. The highest BCUT2D eigenvalue weighted by Crippen LogP contribution is 2.22. The fourth-order valence-corrected chi connectivity index (χ4v) is 2.94. The van der Waals surface area contributed by atoms with Gasteiger partial charge in [-0.1, -0.05) is 70.5 Å². The second kappa shape index (κ2) is 16.1. The first-order chi connectivity index (χ1) is 16.1. The van der Waals surface area contributed by atoms with Gasteiger partial charge in [-0.2, -0.15) is 5.10 Å². The lowest BCUT2D eigenvalue weighted by molar-refractivity contribution is 0.415. The number of aromatic amines is 1. The summed E-state index contributed by atoms with van der Waals surface area (Å²) in [6, 6.07) is 14.0. The van der Waals surface area contributed by atoms with Crippen LogP contribution in [0.4, 0.5) is 0 Å². The predicted molar refractivity (Wildman–Crippen MR) is 144 cm³/mol. The van der Waals surface area contributed by atoms with Crippen LogP contribution in [-0.2, 0) is 0 Å². The number of H-pyrrole nitrogens is 1. The molecule has 0 fully saturated rings. The van der Waals surface area contributed by atoms with E-state index in [1.807, 2.05) is 56.5 Å². The quantitative estimate of drug-likeness (QED) is 0.164. The van der Waals surface area contributed by atoms with Crippen molar-refractivity contribution in [3.63, 3.8) is 0 Å². The van der Waals surface area contributed by atoms with E-state index in [1.54, 1.807) is 13.3 Å². The van der Waals surface area contributed by atoms with E-state index < -0.39 is 0 Å². The van der Waals surface area contributed by atoms with Crippen molar-refractivity contribution < 1.29 is 4.74 Å². The molecule has 6 heteroatoms. The Morgan fingerprint density at radius 3 is 2.55 bits per heavy atom. The van der Waals surface area contributed by atoms with Crippen molar-refractivity contribution in [1.29, 1.82) is 0 Å². The Labute approximate surface area is 198 Å². The van der Waals surface area contributed by atoms with Crippen LogP contribution < -0.4 is 15.9 Å². The number of guanidine groups is 1. The Bertz CT molecular complexity index is 1020. The van der Waals surface area contributed by atoms with Crippen LogP contribution in [0.5, 0.6) is 5.75 Å². The van der Waals surface area contributed by atoms with Gasteiger partial charge < -0.3 is 15.5 Å². The molecule has 1 aromatic heterocycles. The van der Waals surface area contributed by atoms with Gasteiger partial charge in [0.2, 0.25) is 5.96 Å². The van der Waals surface area contributed by atoms with Crippen molar-refractivity contribution >= 4 is 29.2 Å². The molecule has 0 aliphatic rings. The van der Waals surface area contributed by atoms with Crippen LogP contribution in [0.15, 0.2) is 65.3 Å². The van der Waals surface area contributed by atoms with Crippen LogP contribution in [-0.4, -0.2) is 30.8 Å². The first-order valence-corrected chi connectivity index (χ1v) is 11.5. The lowest BCUT2D eigenvalue weighted by atomic mass is 10.1. The highest BCUT2D eigenvalue weighted by Gasteiger charge is 2.03. The minimum atomic E-state index is 0.338. The molecule has 178 valence electrons. The number of rotatable bonds is 8. The minimum absolute atomic E-state index is 0.338. The molecule has 0 amide bonds. The third kappa shape index (κ3) is 9.64. The first-order valence-electron chi connectivity index (χ1n) is 11.5. The number of methoxy groups -OCH3 is 1. The molecule has 0 aliphatic heterocycles. The molecule has 0 spiro atoms. The average molecular weight is 450 g/mol. The van der Waals surface area contributed by atoms with Gasteiger partial charge in [0.15, 0.2) is 0 Å². The summed E-state index contributed by atoms with van der Waals surface area (Å²) in [5.41, 5.74) is 13.0. The number of hydrazone groups is 1. The van der Waals surface area contributed by atoms with Gasteiger partial charge in [0, 0.05) is 29.2 Å². The fourth-order valence-electron chi connectivity index (χ4n) is 2.94. The first kappa shape index (κ1) is 27.5. The summed E-state index contributed by atoms with van der Waals surface area (Å²) in [6.45, 7) is 12.7. The molecule has 3 rings (SSSR count). The number of aryl methyl sites for hydroxylation is 1. The summed E-state index contributed by atoms with van der Waals surface area (Å²) in [7, 11) is 1.65. The number of nitrogens with zero attached hydrogens (tertiary/aromatic N) is 2. The van der Waals surface area contributed by atoms with Crippen molar-refractivity contribution in [3.05, 3.63) is 71.9 Å². The summed E-state index contributed by atoms with van der Waals surface area (Å²) < 4.78 is 5.24. The molecule has 0 saturated carbocycles. The number of ether oxygens (including phenoxy) is 1. The monoisotopic (exact) mass is 449 g/mol. The van der Waals surface area contributed by atoms with Gasteiger partial charge in [0.25, 0.3) is 0 Å². The molecule has 2 aromatic carbocycles.